The van der Waals surface area contributed by atoms with Crippen molar-refractivity contribution in [2.24, 2.45) is 0 Å². The molecule has 2 rings (SSSR count). The number of nitrogens with one attached hydrogen (secondary N) is 1. The lowest BCUT2D eigenvalue weighted by molar-refractivity contribution is 0.0696. The Balaban J connectivity index is 2.40. The molecule has 0 saturated heterocycles. The third-order valence-corrected chi connectivity index (χ3v) is 4.01. The summed E-state index contributed by atoms with van der Waals surface area (Å²) < 4.78 is 0. The van der Waals surface area contributed by atoms with Gasteiger partial charge in [-0.2, -0.15) is 0 Å². The molecule has 0 fully saturated rings. The Morgan fingerprint density at radius 1 is 1.05 bits per heavy atom. The van der Waals surface area contributed by atoms with Crippen LogP contribution in [0.5, 0.6) is 0 Å². The van der Waals surface area contributed by atoms with Crippen LogP contribution >= 0.6 is 11.3 Å². The highest BCUT2D eigenvalue weighted by Crippen LogP contribution is 2.33. The Bertz CT molecular complexity index is 720. The van der Waals surface area contributed by atoms with Gasteiger partial charge in [-0.25, -0.2) is 9.59 Å². The highest BCUT2D eigenvalue weighted by Gasteiger charge is 2.25. The summed E-state index contributed by atoms with van der Waals surface area (Å²) in [5, 5.41) is 20.7. The average Bonchev–Trinajstić information content (AvgIpc) is 2.76. The molecule has 0 bridgehead atoms. The molecule has 108 valence electrons. The van der Waals surface area contributed by atoms with E-state index < -0.39 is 17.8 Å². The van der Waals surface area contributed by atoms with Crippen LogP contribution in [0.1, 0.15) is 36.0 Å². The molecule has 0 aliphatic heterocycles. The predicted octanol–water partition coefficient (Wildman–Crippen LogP) is 2.71. The van der Waals surface area contributed by atoms with Crippen LogP contribution in [0.4, 0.5) is 5.00 Å². The van der Waals surface area contributed by atoms with E-state index in [9.17, 15) is 19.5 Å². The summed E-state index contributed by atoms with van der Waals surface area (Å²) >= 11 is 0.733. The number of carboxylic acid groups (broad SMARTS) is 2. The van der Waals surface area contributed by atoms with Crippen LogP contribution in [0, 0.1) is 6.92 Å². The van der Waals surface area contributed by atoms with Gasteiger partial charge in [0.25, 0.3) is 5.91 Å². The molecule has 0 saturated carbocycles. The summed E-state index contributed by atoms with van der Waals surface area (Å²) in [6.45, 7) is 1.40. The van der Waals surface area contributed by atoms with Gasteiger partial charge in [-0.15, -0.1) is 11.3 Å². The highest BCUT2D eigenvalue weighted by molar-refractivity contribution is 7.18. The van der Waals surface area contributed by atoms with Crippen molar-refractivity contribution >= 4 is 34.2 Å². The van der Waals surface area contributed by atoms with Gasteiger partial charge in [0.1, 0.15) is 9.88 Å². The van der Waals surface area contributed by atoms with E-state index in [1.54, 1.807) is 30.3 Å². The number of hydrogen-bond acceptors (Lipinski definition) is 4. The van der Waals surface area contributed by atoms with Crippen molar-refractivity contribution in [2.45, 2.75) is 6.92 Å². The first-order valence-corrected chi connectivity index (χ1v) is 6.70. The molecule has 0 unspecified atom stereocenters. The number of carbonyl (C=O) groups excluding carboxylic acids is 1. The first-order valence-electron chi connectivity index (χ1n) is 5.88. The van der Waals surface area contributed by atoms with Crippen LogP contribution in [0.15, 0.2) is 30.3 Å². The van der Waals surface area contributed by atoms with Crippen molar-refractivity contribution in [3.8, 4) is 0 Å². The fourth-order valence-electron chi connectivity index (χ4n) is 1.83. The fraction of sp³-hybridized carbons (Fsp3) is 0.0714. The van der Waals surface area contributed by atoms with Gasteiger partial charge in [-0.3, -0.25) is 4.79 Å². The number of benzene rings is 1. The smallest absolute Gasteiger partial charge is 0.346 e. The molecule has 3 N–H and O–H groups in total. The maximum Gasteiger partial charge on any atom is 0.346 e. The lowest BCUT2D eigenvalue weighted by atomic mass is 10.1. The number of thiophene rings is 1. The van der Waals surface area contributed by atoms with Crippen LogP contribution in [0.2, 0.25) is 0 Å². The van der Waals surface area contributed by atoms with E-state index in [4.69, 9.17) is 5.11 Å². The second-order valence-electron chi connectivity index (χ2n) is 4.19. The first kappa shape index (κ1) is 14.7. The number of anilines is 1. The topological polar surface area (TPSA) is 104 Å². The van der Waals surface area contributed by atoms with E-state index >= 15 is 0 Å². The second-order valence-corrected chi connectivity index (χ2v) is 5.21. The summed E-state index contributed by atoms with van der Waals surface area (Å²) in [7, 11) is 0. The van der Waals surface area contributed by atoms with E-state index in [-0.39, 0.29) is 21.0 Å². The van der Waals surface area contributed by atoms with E-state index in [1.165, 1.54) is 6.92 Å². The molecule has 1 heterocycles. The molecule has 0 spiro atoms. The molecule has 21 heavy (non-hydrogen) atoms. The predicted molar refractivity (Wildman–Crippen MR) is 77.4 cm³/mol. The fourth-order valence-corrected chi connectivity index (χ4v) is 2.86. The van der Waals surface area contributed by atoms with Crippen molar-refractivity contribution in [1.82, 2.24) is 0 Å². The van der Waals surface area contributed by atoms with Crippen molar-refractivity contribution < 1.29 is 24.6 Å². The Kier molecular flexibility index (Phi) is 4.04. The number of hydrogen-bond donors (Lipinski definition) is 3. The monoisotopic (exact) mass is 305 g/mol. The minimum atomic E-state index is -1.28. The Morgan fingerprint density at radius 3 is 2.19 bits per heavy atom. The van der Waals surface area contributed by atoms with E-state index in [2.05, 4.69) is 5.32 Å². The average molecular weight is 305 g/mol. The Hall–Kier alpha value is -2.67. The number of carbonyl (C=O) groups is 3. The summed E-state index contributed by atoms with van der Waals surface area (Å²) in [5.74, 6) is -2.99. The SMILES string of the molecule is Cc1c(C(=O)O)sc(NC(=O)c2ccccc2)c1C(=O)O. The normalized spacial score (nSPS) is 10.1. The Morgan fingerprint density at radius 2 is 1.67 bits per heavy atom. The molecule has 1 aromatic heterocycles. The zero-order valence-electron chi connectivity index (χ0n) is 10.9. The minimum Gasteiger partial charge on any atom is -0.478 e. The molecule has 0 radical (unpaired) electrons. The van der Waals surface area contributed by atoms with Gasteiger partial charge in [0.05, 0.1) is 5.56 Å². The van der Waals surface area contributed by atoms with Gasteiger partial charge in [-0.1, -0.05) is 18.2 Å². The van der Waals surface area contributed by atoms with E-state index in [0.717, 1.165) is 11.3 Å². The third-order valence-electron chi connectivity index (χ3n) is 2.82. The molecule has 2 aromatic rings. The molecule has 0 aliphatic carbocycles. The molecule has 6 nitrogen and oxygen atoms in total. The minimum absolute atomic E-state index is 0.0197. The van der Waals surface area contributed by atoms with Gasteiger partial charge in [0.15, 0.2) is 0 Å². The molecule has 1 amide bonds. The maximum atomic E-state index is 12.0. The van der Waals surface area contributed by atoms with Crippen molar-refractivity contribution in [2.75, 3.05) is 5.32 Å². The van der Waals surface area contributed by atoms with E-state index in [0.29, 0.717) is 5.56 Å². The summed E-state index contributed by atoms with van der Waals surface area (Å²) in [5.41, 5.74) is 0.293. The van der Waals surface area contributed by atoms with Gasteiger partial charge in [0, 0.05) is 5.56 Å². The van der Waals surface area contributed by atoms with Crippen LogP contribution in [-0.4, -0.2) is 28.1 Å². The number of rotatable bonds is 4. The Labute approximate surface area is 123 Å². The van der Waals surface area contributed by atoms with Crippen molar-refractivity contribution in [3.05, 3.63) is 51.9 Å². The number of aromatic carboxylic acids is 2. The van der Waals surface area contributed by atoms with Gasteiger partial charge in [0.2, 0.25) is 0 Å². The largest absolute Gasteiger partial charge is 0.478 e. The summed E-state index contributed by atoms with van der Waals surface area (Å²) in [4.78, 5) is 34.3. The second kappa shape index (κ2) is 5.76. The summed E-state index contributed by atoms with van der Waals surface area (Å²) in [6.07, 6.45) is 0. The number of amides is 1. The highest BCUT2D eigenvalue weighted by atomic mass is 32.1. The first-order chi connectivity index (χ1) is 9.91. The zero-order chi connectivity index (χ0) is 15.6. The lowest BCUT2D eigenvalue weighted by Crippen LogP contribution is -2.13. The molecule has 1 aromatic carbocycles. The zero-order valence-corrected chi connectivity index (χ0v) is 11.7. The third kappa shape index (κ3) is 2.92. The lowest BCUT2D eigenvalue weighted by Gasteiger charge is -2.04. The van der Waals surface area contributed by atoms with Gasteiger partial charge >= 0.3 is 11.9 Å². The molecule has 7 heteroatoms. The number of carboxylic acids is 2. The molecular weight excluding hydrogens is 294 g/mol. The molecular formula is C14H11NO5S. The molecule has 0 aliphatic rings. The van der Waals surface area contributed by atoms with Gasteiger partial charge in [-0.05, 0) is 24.6 Å². The van der Waals surface area contributed by atoms with Crippen LogP contribution < -0.4 is 5.32 Å². The molecule has 0 atom stereocenters. The van der Waals surface area contributed by atoms with Crippen LogP contribution in [0.25, 0.3) is 0 Å². The van der Waals surface area contributed by atoms with E-state index in [1.807, 2.05) is 0 Å². The van der Waals surface area contributed by atoms with Gasteiger partial charge < -0.3 is 15.5 Å². The van der Waals surface area contributed by atoms with Crippen LogP contribution in [-0.2, 0) is 0 Å². The standard InChI is InChI=1S/C14H11NO5S/c1-7-9(13(17)18)12(21-10(7)14(19)20)15-11(16)8-5-3-2-4-6-8/h2-6H,1H3,(H,15,16)(H,17,18)(H,19,20). The maximum absolute atomic E-state index is 12.0. The van der Waals surface area contributed by atoms with Crippen molar-refractivity contribution in [1.29, 1.82) is 0 Å². The quantitative estimate of drug-likeness (QED) is 0.805. The summed E-state index contributed by atoms with van der Waals surface area (Å²) in [6, 6.07) is 8.25. The van der Waals surface area contributed by atoms with Crippen LogP contribution in [0.3, 0.4) is 0 Å². The van der Waals surface area contributed by atoms with Crippen molar-refractivity contribution in [3.63, 3.8) is 0 Å².